The topological polar surface area (TPSA) is 51.1 Å². The quantitative estimate of drug-likeness (QED) is 0.273. The molecule has 35 heavy (non-hydrogen) atoms. The molecule has 0 aromatic heterocycles. The van der Waals surface area contributed by atoms with Crippen molar-refractivity contribution >= 4 is 23.4 Å². The van der Waals surface area contributed by atoms with Crippen LogP contribution in [0.2, 0.25) is 0 Å². The third-order valence-corrected chi connectivity index (χ3v) is 5.92. The second-order valence-corrected chi connectivity index (χ2v) is 9.13. The van der Waals surface area contributed by atoms with Gasteiger partial charge in [-0.05, 0) is 74.2 Å². The molecule has 0 fully saturated rings. The standard InChI is InChI=1S/C30H32N2O3/c1-20(2)26-13-11-22(4)18-29(26)35-16-15-34-28-14-12-21(3)17-24(28)19-27-23(5)31-32(30(27)33)25-9-7-6-8-10-25/h6-14,17-20H,15-16H2,1-5H3/b27-19+. The number of para-hydroxylation sites is 1. The zero-order valence-electron chi connectivity index (χ0n) is 21.0. The van der Waals surface area contributed by atoms with Crippen molar-refractivity contribution in [2.45, 2.75) is 40.5 Å². The molecule has 0 saturated carbocycles. The lowest BCUT2D eigenvalue weighted by Gasteiger charge is -2.16. The van der Waals surface area contributed by atoms with E-state index in [9.17, 15) is 4.79 Å². The third kappa shape index (κ3) is 5.62. The third-order valence-electron chi connectivity index (χ3n) is 5.92. The van der Waals surface area contributed by atoms with E-state index in [2.05, 4.69) is 44.1 Å². The van der Waals surface area contributed by atoms with E-state index < -0.39 is 0 Å². The second kappa shape index (κ2) is 10.6. The Morgan fingerprint density at radius 1 is 0.857 bits per heavy atom. The summed E-state index contributed by atoms with van der Waals surface area (Å²) in [6.07, 6.45) is 1.87. The molecule has 4 rings (SSSR count). The Morgan fingerprint density at radius 3 is 2.23 bits per heavy atom. The average Bonchev–Trinajstić information content (AvgIpc) is 3.11. The highest BCUT2D eigenvalue weighted by atomic mass is 16.5. The van der Waals surface area contributed by atoms with Gasteiger partial charge in [-0.15, -0.1) is 0 Å². The van der Waals surface area contributed by atoms with E-state index >= 15 is 0 Å². The summed E-state index contributed by atoms with van der Waals surface area (Å²) in [6.45, 7) is 11.1. The van der Waals surface area contributed by atoms with Crippen molar-refractivity contribution in [1.29, 1.82) is 0 Å². The molecule has 1 heterocycles. The van der Waals surface area contributed by atoms with Crippen LogP contribution in [0.4, 0.5) is 5.69 Å². The van der Waals surface area contributed by atoms with Crippen LogP contribution in [-0.2, 0) is 4.79 Å². The predicted octanol–water partition coefficient (Wildman–Crippen LogP) is 6.69. The van der Waals surface area contributed by atoms with Gasteiger partial charge in [0.15, 0.2) is 0 Å². The zero-order valence-corrected chi connectivity index (χ0v) is 21.0. The van der Waals surface area contributed by atoms with Crippen molar-refractivity contribution in [3.8, 4) is 11.5 Å². The minimum atomic E-state index is -0.148. The first kappa shape index (κ1) is 24.3. The molecule has 5 nitrogen and oxygen atoms in total. The summed E-state index contributed by atoms with van der Waals surface area (Å²) in [5.41, 5.74) is 6.26. The molecule has 0 aliphatic carbocycles. The highest BCUT2D eigenvalue weighted by molar-refractivity contribution is 6.32. The van der Waals surface area contributed by atoms with Crippen molar-refractivity contribution < 1.29 is 14.3 Å². The van der Waals surface area contributed by atoms with E-state index in [1.54, 1.807) is 0 Å². The smallest absolute Gasteiger partial charge is 0.280 e. The van der Waals surface area contributed by atoms with Gasteiger partial charge in [0.05, 0.1) is 17.0 Å². The van der Waals surface area contributed by atoms with Crippen LogP contribution in [0.15, 0.2) is 77.4 Å². The van der Waals surface area contributed by atoms with Gasteiger partial charge in [-0.1, -0.05) is 55.8 Å². The molecule has 0 radical (unpaired) electrons. The first-order chi connectivity index (χ1) is 16.8. The fourth-order valence-corrected chi connectivity index (χ4v) is 4.04. The van der Waals surface area contributed by atoms with E-state index in [1.165, 1.54) is 16.1 Å². The van der Waals surface area contributed by atoms with Gasteiger partial charge in [0, 0.05) is 5.56 Å². The molecule has 0 bridgehead atoms. The second-order valence-electron chi connectivity index (χ2n) is 9.13. The number of aryl methyl sites for hydroxylation is 2. The lowest BCUT2D eigenvalue weighted by molar-refractivity contribution is -0.114. The monoisotopic (exact) mass is 468 g/mol. The van der Waals surface area contributed by atoms with Gasteiger partial charge in [0.2, 0.25) is 0 Å². The summed E-state index contributed by atoms with van der Waals surface area (Å²) in [4.78, 5) is 13.1. The number of carbonyl (C=O) groups excluding carboxylic acids is 1. The summed E-state index contributed by atoms with van der Waals surface area (Å²) < 4.78 is 12.2. The molecule has 3 aromatic rings. The van der Waals surface area contributed by atoms with Crippen molar-refractivity contribution in [2.24, 2.45) is 5.10 Å². The van der Waals surface area contributed by atoms with Gasteiger partial charge in [0.1, 0.15) is 24.7 Å². The van der Waals surface area contributed by atoms with Crippen molar-refractivity contribution in [3.63, 3.8) is 0 Å². The van der Waals surface area contributed by atoms with Crippen LogP contribution in [-0.4, -0.2) is 24.8 Å². The molecule has 1 aliphatic rings. The highest BCUT2D eigenvalue weighted by Crippen LogP contribution is 2.29. The molecule has 180 valence electrons. The van der Waals surface area contributed by atoms with Crippen LogP contribution >= 0.6 is 0 Å². The van der Waals surface area contributed by atoms with Crippen LogP contribution in [0.25, 0.3) is 6.08 Å². The van der Waals surface area contributed by atoms with E-state index in [0.29, 0.717) is 36.2 Å². The number of amides is 1. The van der Waals surface area contributed by atoms with Crippen LogP contribution in [0.3, 0.4) is 0 Å². The summed E-state index contributed by atoms with van der Waals surface area (Å²) >= 11 is 0. The van der Waals surface area contributed by atoms with Crippen LogP contribution in [0, 0.1) is 13.8 Å². The Balaban J connectivity index is 1.49. The number of anilines is 1. The number of ether oxygens (including phenoxy) is 2. The lowest BCUT2D eigenvalue weighted by atomic mass is 10.0. The van der Waals surface area contributed by atoms with Crippen LogP contribution in [0.1, 0.15) is 48.9 Å². The number of hydrogen-bond donors (Lipinski definition) is 0. The zero-order chi connectivity index (χ0) is 24.9. The number of benzene rings is 3. The Kier molecular flexibility index (Phi) is 7.35. The fourth-order valence-electron chi connectivity index (χ4n) is 4.04. The fraction of sp³-hybridized carbons (Fsp3) is 0.267. The summed E-state index contributed by atoms with van der Waals surface area (Å²) in [6, 6.07) is 21.7. The normalized spacial score (nSPS) is 14.6. The minimum Gasteiger partial charge on any atom is -0.490 e. The van der Waals surface area contributed by atoms with Gasteiger partial charge >= 0.3 is 0 Å². The number of rotatable bonds is 8. The van der Waals surface area contributed by atoms with Gasteiger partial charge in [-0.3, -0.25) is 4.79 Å². The Labute approximate surface area is 207 Å². The lowest BCUT2D eigenvalue weighted by Crippen LogP contribution is -2.21. The molecule has 5 heteroatoms. The van der Waals surface area contributed by atoms with Gasteiger partial charge in [-0.2, -0.15) is 10.1 Å². The number of hydrogen-bond acceptors (Lipinski definition) is 4. The van der Waals surface area contributed by atoms with Gasteiger partial charge < -0.3 is 9.47 Å². The molecule has 0 spiro atoms. The van der Waals surface area contributed by atoms with E-state index in [0.717, 1.165) is 22.6 Å². The van der Waals surface area contributed by atoms with Crippen LogP contribution in [0.5, 0.6) is 11.5 Å². The molecule has 3 aromatic carbocycles. The van der Waals surface area contributed by atoms with Crippen molar-refractivity contribution in [1.82, 2.24) is 0 Å². The molecule has 0 saturated heterocycles. The Morgan fingerprint density at radius 2 is 1.51 bits per heavy atom. The number of carbonyl (C=O) groups is 1. The first-order valence-corrected chi connectivity index (χ1v) is 12.0. The summed E-state index contributed by atoms with van der Waals surface area (Å²) in [7, 11) is 0. The Bertz CT molecular complexity index is 1280. The molecular weight excluding hydrogens is 436 g/mol. The SMILES string of the molecule is CC1=NN(c2ccccc2)C(=O)/C1=C/c1cc(C)ccc1OCCOc1cc(C)ccc1C(C)C. The van der Waals surface area contributed by atoms with Gasteiger partial charge in [-0.25, -0.2) is 0 Å². The first-order valence-electron chi connectivity index (χ1n) is 12.0. The van der Waals surface area contributed by atoms with Gasteiger partial charge in [0.25, 0.3) is 5.91 Å². The predicted molar refractivity (Wildman–Crippen MR) is 142 cm³/mol. The average molecular weight is 469 g/mol. The van der Waals surface area contributed by atoms with E-state index in [1.807, 2.05) is 68.5 Å². The Hall–Kier alpha value is -3.86. The minimum absolute atomic E-state index is 0.148. The largest absolute Gasteiger partial charge is 0.490 e. The summed E-state index contributed by atoms with van der Waals surface area (Å²) in [5, 5.41) is 5.92. The maximum Gasteiger partial charge on any atom is 0.280 e. The van der Waals surface area contributed by atoms with Crippen LogP contribution < -0.4 is 14.5 Å². The highest BCUT2D eigenvalue weighted by Gasteiger charge is 2.28. The molecule has 0 N–H and O–H groups in total. The van der Waals surface area contributed by atoms with E-state index in [4.69, 9.17) is 9.47 Å². The summed E-state index contributed by atoms with van der Waals surface area (Å²) in [5.74, 6) is 1.84. The molecule has 0 unspecified atom stereocenters. The molecular formula is C30H32N2O3. The molecule has 0 atom stereocenters. The molecule has 1 amide bonds. The van der Waals surface area contributed by atoms with Crippen molar-refractivity contribution in [3.05, 3.63) is 94.6 Å². The maximum absolute atomic E-state index is 13.1. The van der Waals surface area contributed by atoms with Crippen molar-refractivity contribution in [2.75, 3.05) is 18.2 Å². The number of hydrazone groups is 1. The van der Waals surface area contributed by atoms with E-state index in [-0.39, 0.29) is 5.91 Å². The maximum atomic E-state index is 13.1. The molecule has 1 aliphatic heterocycles. The number of nitrogens with zero attached hydrogens (tertiary/aromatic N) is 2.